The van der Waals surface area contributed by atoms with Crippen molar-refractivity contribution >= 4 is 17.5 Å². The third kappa shape index (κ3) is 3.99. The van der Waals surface area contributed by atoms with Crippen LogP contribution < -0.4 is 5.32 Å². The average molecular weight is 450 g/mol. The van der Waals surface area contributed by atoms with Crippen LogP contribution in [0.25, 0.3) is 0 Å². The van der Waals surface area contributed by atoms with E-state index in [9.17, 15) is 19.1 Å². The molecular weight excluding hydrogens is 425 g/mol. The number of hydrogen-bond donors (Lipinski definition) is 2. The molecule has 2 N–H and O–H groups in total. The lowest BCUT2D eigenvalue weighted by Gasteiger charge is -2.39. The van der Waals surface area contributed by atoms with Gasteiger partial charge in [-0.15, -0.1) is 0 Å². The lowest BCUT2D eigenvalue weighted by molar-refractivity contribution is -0.166. The monoisotopic (exact) mass is 450 g/mol. The van der Waals surface area contributed by atoms with Gasteiger partial charge in [-0.25, -0.2) is 4.39 Å². The van der Waals surface area contributed by atoms with Gasteiger partial charge in [0.2, 0.25) is 0 Å². The molecule has 2 saturated heterocycles. The smallest absolute Gasteiger partial charge is 0.352 e. The molecule has 1 aromatic heterocycles. The van der Waals surface area contributed by atoms with Crippen molar-refractivity contribution in [1.29, 1.82) is 0 Å². The second-order valence-electron chi connectivity index (χ2n) is 8.75. The summed E-state index contributed by atoms with van der Waals surface area (Å²) in [6.07, 6.45) is 3.89. The molecule has 0 radical (unpaired) electrons. The maximum Gasteiger partial charge on any atom is 0.352 e. The number of halogens is 3. The highest BCUT2D eigenvalue weighted by Crippen LogP contribution is 2.41. The van der Waals surface area contributed by atoms with E-state index in [-0.39, 0.29) is 24.4 Å². The summed E-state index contributed by atoms with van der Waals surface area (Å²) in [5.74, 6) is -7.63. The molecule has 4 rings (SSSR count). The van der Waals surface area contributed by atoms with Gasteiger partial charge in [0.1, 0.15) is 5.82 Å². The van der Waals surface area contributed by atoms with E-state index < -0.39 is 47.3 Å². The Kier molecular flexibility index (Phi) is 5.74. The molecule has 3 atom stereocenters. The lowest BCUT2D eigenvalue weighted by Crippen LogP contribution is -2.53. The first-order valence-electron chi connectivity index (χ1n) is 10.6. The van der Waals surface area contributed by atoms with Crippen LogP contribution in [-0.4, -0.2) is 49.8 Å². The quantitative estimate of drug-likeness (QED) is 0.731. The number of fused-ring (bicyclic) bond motifs is 2. The summed E-state index contributed by atoms with van der Waals surface area (Å²) in [5, 5.41) is 16.5. The van der Waals surface area contributed by atoms with E-state index in [1.54, 1.807) is 10.9 Å². The van der Waals surface area contributed by atoms with Crippen LogP contribution in [0.3, 0.4) is 0 Å². The Hall–Kier alpha value is -2.88. The lowest BCUT2D eigenvalue weighted by atomic mass is 9.96. The van der Waals surface area contributed by atoms with Gasteiger partial charge in [-0.05, 0) is 57.7 Å². The van der Waals surface area contributed by atoms with Crippen LogP contribution >= 0.6 is 0 Å². The molecule has 2 aromatic rings. The molecule has 10 heteroatoms. The first-order valence-corrected chi connectivity index (χ1v) is 10.6. The Balaban J connectivity index is 1.57. The van der Waals surface area contributed by atoms with E-state index in [2.05, 4.69) is 10.4 Å². The van der Waals surface area contributed by atoms with Gasteiger partial charge in [0.05, 0.1) is 23.6 Å². The fourth-order valence-electron chi connectivity index (χ4n) is 4.55. The number of benzene rings is 1. The first kappa shape index (κ1) is 22.3. The molecule has 32 heavy (non-hydrogen) atoms. The molecule has 2 bridgehead atoms. The third-order valence-electron chi connectivity index (χ3n) is 6.17. The van der Waals surface area contributed by atoms with E-state index in [0.717, 1.165) is 23.1 Å². The minimum absolute atomic E-state index is 0.0639. The minimum atomic E-state index is -4.15. The van der Waals surface area contributed by atoms with Crippen LogP contribution in [0.5, 0.6) is 0 Å². The van der Waals surface area contributed by atoms with E-state index in [1.165, 1.54) is 6.20 Å². The Bertz CT molecular complexity index is 1030. The summed E-state index contributed by atoms with van der Waals surface area (Å²) in [6, 6.07) is 1.65. The van der Waals surface area contributed by atoms with Gasteiger partial charge < -0.3 is 15.3 Å². The minimum Gasteiger partial charge on any atom is -0.393 e. The van der Waals surface area contributed by atoms with Crippen molar-refractivity contribution in [2.75, 3.05) is 5.32 Å². The van der Waals surface area contributed by atoms with Gasteiger partial charge in [-0.3, -0.25) is 14.3 Å². The summed E-state index contributed by atoms with van der Waals surface area (Å²) in [4.78, 5) is 26.5. The number of hydrogen-bond acceptors (Lipinski definition) is 4. The molecule has 3 heterocycles. The van der Waals surface area contributed by atoms with Gasteiger partial charge in [0, 0.05) is 29.9 Å². The van der Waals surface area contributed by atoms with Crippen molar-refractivity contribution in [3.8, 4) is 0 Å². The van der Waals surface area contributed by atoms with Crippen LogP contribution in [0.1, 0.15) is 61.5 Å². The van der Waals surface area contributed by atoms with Crippen molar-refractivity contribution in [3.63, 3.8) is 0 Å². The van der Waals surface area contributed by atoms with E-state index >= 15 is 8.78 Å². The van der Waals surface area contributed by atoms with Crippen LogP contribution in [0, 0.1) is 5.82 Å². The molecule has 172 valence electrons. The molecule has 2 amide bonds. The number of aliphatic hydroxyl groups excluding tert-OH is 1. The summed E-state index contributed by atoms with van der Waals surface area (Å²) in [7, 11) is 0. The maximum absolute atomic E-state index is 15.2. The van der Waals surface area contributed by atoms with Crippen molar-refractivity contribution in [3.05, 3.63) is 47.5 Å². The molecule has 2 fully saturated rings. The molecule has 2 aliphatic heterocycles. The number of piperidine rings is 1. The van der Waals surface area contributed by atoms with Crippen LogP contribution in [0.4, 0.5) is 18.9 Å². The second-order valence-corrected chi connectivity index (χ2v) is 8.75. The summed E-state index contributed by atoms with van der Waals surface area (Å²) < 4.78 is 46.4. The largest absolute Gasteiger partial charge is 0.393 e. The Morgan fingerprint density at radius 3 is 2.47 bits per heavy atom. The van der Waals surface area contributed by atoms with E-state index in [4.69, 9.17) is 0 Å². The highest BCUT2D eigenvalue weighted by atomic mass is 19.3. The number of rotatable bonds is 5. The SMILES string of the molecule is CC(C)n1cc(NC(=O)c2ccc(F)c(C(F)(F)C(=O)N3[C@@H]4CC[C@H]3C[C@H](O)C4)c2)cn1. The number of carbonyl (C=O) groups is 2. The van der Waals surface area contributed by atoms with Crippen molar-refractivity contribution < 1.29 is 27.9 Å². The highest BCUT2D eigenvalue weighted by molar-refractivity contribution is 6.04. The predicted molar refractivity (Wildman–Crippen MR) is 110 cm³/mol. The number of aromatic nitrogens is 2. The third-order valence-corrected chi connectivity index (χ3v) is 6.17. The maximum atomic E-state index is 15.2. The van der Waals surface area contributed by atoms with Crippen LogP contribution in [0.15, 0.2) is 30.6 Å². The Morgan fingerprint density at radius 1 is 1.22 bits per heavy atom. The number of nitrogens with zero attached hydrogens (tertiary/aromatic N) is 3. The zero-order chi connectivity index (χ0) is 23.2. The molecule has 0 spiro atoms. The predicted octanol–water partition coefficient (Wildman–Crippen LogP) is 3.46. The fraction of sp³-hybridized carbons (Fsp3) is 0.500. The standard InChI is InChI=1S/C22H25F3N4O3/c1-12(2)28-11-14(10-26-28)27-20(31)13-3-6-19(23)18(7-13)22(24,25)21(32)29-15-4-5-16(29)9-17(30)8-15/h3,6-7,10-12,15-17,30H,4-5,8-9H2,1-2H3,(H,27,31)/t15-,16+,17-. The Labute approximate surface area is 183 Å². The zero-order valence-corrected chi connectivity index (χ0v) is 17.8. The molecule has 0 aliphatic carbocycles. The van der Waals surface area contributed by atoms with Gasteiger partial charge in [0.15, 0.2) is 0 Å². The topological polar surface area (TPSA) is 87.5 Å². The molecule has 0 unspecified atom stereocenters. The van der Waals surface area contributed by atoms with Gasteiger partial charge in [-0.2, -0.15) is 13.9 Å². The van der Waals surface area contributed by atoms with Gasteiger partial charge in [0.25, 0.3) is 11.8 Å². The number of alkyl halides is 2. The van der Waals surface area contributed by atoms with Crippen LogP contribution in [0.2, 0.25) is 0 Å². The molecule has 0 saturated carbocycles. The second kappa shape index (κ2) is 8.23. The number of anilines is 1. The van der Waals surface area contributed by atoms with E-state index in [0.29, 0.717) is 18.5 Å². The highest BCUT2D eigenvalue weighted by Gasteiger charge is 2.53. The normalized spacial score (nSPS) is 23.0. The van der Waals surface area contributed by atoms with Crippen LogP contribution in [-0.2, 0) is 10.7 Å². The average Bonchev–Trinajstić information content (AvgIpc) is 3.30. The number of carbonyl (C=O) groups excluding carboxylic acids is 2. The molecule has 2 aliphatic rings. The molecular formula is C22H25F3N4O3. The summed E-state index contributed by atoms with van der Waals surface area (Å²) in [6.45, 7) is 3.80. The molecule has 1 aromatic carbocycles. The summed E-state index contributed by atoms with van der Waals surface area (Å²) >= 11 is 0. The Morgan fingerprint density at radius 2 is 1.88 bits per heavy atom. The van der Waals surface area contributed by atoms with Gasteiger partial charge >= 0.3 is 5.92 Å². The van der Waals surface area contributed by atoms with Crippen molar-refractivity contribution in [2.45, 2.75) is 69.7 Å². The first-order chi connectivity index (χ1) is 15.1. The molecule has 7 nitrogen and oxygen atoms in total. The number of amides is 2. The number of aliphatic hydroxyl groups is 1. The van der Waals surface area contributed by atoms with E-state index in [1.807, 2.05) is 13.8 Å². The summed E-state index contributed by atoms with van der Waals surface area (Å²) in [5.41, 5.74) is -0.984. The number of nitrogens with one attached hydrogen (secondary N) is 1. The zero-order valence-electron chi connectivity index (χ0n) is 17.8. The van der Waals surface area contributed by atoms with Gasteiger partial charge in [-0.1, -0.05) is 0 Å². The fourth-order valence-corrected chi connectivity index (χ4v) is 4.55. The van der Waals surface area contributed by atoms with Crippen molar-refractivity contribution in [1.82, 2.24) is 14.7 Å². The van der Waals surface area contributed by atoms with Crippen molar-refractivity contribution in [2.24, 2.45) is 0 Å².